The minimum absolute atomic E-state index is 0.141. The third-order valence-corrected chi connectivity index (χ3v) is 2.04. The SMILES string of the molecule is NC(=O)NNC(=O)[C@@H](N)Cc1ccc(O)cc1. The van der Waals surface area contributed by atoms with Crippen LogP contribution in [0, 0.1) is 0 Å². The van der Waals surface area contributed by atoms with Crippen LogP contribution in [0.2, 0.25) is 0 Å². The standard InChI is InChI=1S/C10H14N4O3/c11-8(9(16)13-14-10(12)17)5-6-1-3-7(15)4-2-6/h1-4,8,15H,5,11H2,(H,13,16)(H3,12,14,17)/t8-/m0/s1. The summed E-state index contributed by atoms with van der Waals surface area (Å²) < 4.78 is 0. The summed E-state index contributed by atoms with van der Waals surface area (Å²) in [6.07, 6.45) is 0.284. The summed E-state index contributed by atoms with van der Waals surface area (Å²) in [5, 5.41) is 9.07. The fourth-order valence-electron chi connectivity index (χ4n) is 1.19. The van der Waals surface area contributed by atoms with Gasteiger partial charge in [-0.1, -0.05) is 12.1 Å². The Balaban J connectivity index is 2.48. The van der Waals surface area contributed by atoms with E-state index in [4.69, 9.17) is 16.6 Å². The van der Waals surface area contributed by atoms with E-state index >= 15 is 0 Å². The molecule has 3 amide bonds. The molecule has 0 aliphatic rings. The number of primary amides is 1. The zero-order valence-corrected chi connectivity index (χ0v) is 9.01. The molecule has 0 aliphatic heterocycles. The number of rotatable bonds is 3. The lowest BCUT2D eigenvalue weighted by Crippen LogP contribution is -2.51. The zero-order valence-electron chi connectivity index (χ0n) is 9.01. The summed E-state index contributed by atoms with van der Waals surface area (Å²) in [7, 11) is 0. The van der Waals surface area contributed by atoms with Crippen LogP contribution in [0.5, 0.6) is 5.75 Å². The van der Waals surface area contributed by atoms with Gasteiger partial charge in [-0.25, -0.2) is 10.2 Å². The van der Waals surface area contributed by atoms with Gasteiger partial charge in [0.2, 0.25) is 0 Å². The van der Waals surface area contributed by atoms with Crippen LogP contribution in [0.1, 0.15) is 5.56 Å². The molecule has 0 unspecified atom stereocenters. The van der Waals surface area contributed by atoms with Crippen LogP contribution >= 0.6 is 0 Å². The summed E-state index contributed by atoms with van der Waals surface area (Å²) in [6.45, 7) is 0. The molecule has 0 spiro atoms. The second-order valence-electron chi connectivity index (χ2n) is 3.46. The number of carbonyl (C=O) groups excluding carboxylic acids is 2. The number of nitrogens with one attached hydrogen (secondary N) is 2. The molecule has 92 valence electrons. The minimum Gasteiger partial charge on any atom is -0.508 e. The van der Waals surface area contributed by atoms with Gasteiger partial charge < -0.3 is 16.6 Å². The number of aromatic hydroxyl groups is 1. The monoisotopic (exact) mass is 238 g/mol. The Morgan fingerprint density at radius 3 is 2.35 bits per heavy atom. The van der Waals surface area contributed by atoms with Gasteiger partial charge in [-0.3, -0.25) is 10.2 Å². The normalized spacial score (nSPS) is 11.6. The second kappa shape index (κ2) is 5.71. The van der Waals surface area contributed by atoms with Gasteiger partial charge in [0.25, 0.3) is 5.91 Å². The summed E-state index contributed by atoms with van der Waals surface area (Å²) >= 11 is 0. The zero-order chi connectivity index (χ0) is 12.8. The first-order chi connectivity index (χ1) is 7.99. The van der Waals surface area contributed by atoms with E-state index in [1.807, 2.05) is 5.43 Å². The Morgan fingerprint density at radius 1 is 1.24 bits per heavy atom. The molecule has 0 aromatic heterocycles. The third-order valence-electron chi connectivity index (χ3n) is 2.04. The number of amides is 3. The van der Waals surface area contributed by atoms with Crippen LogP contribution in [-0.2, 0) is 11.2 Å². The van der Waals surface area contributed by atoms with E-state index in [0.717, 1.165) is 5.56 Å². The molecule has 7 nitrogen and oxygen atoms in total. The Labute approximate surface area is 97.8 Å². The smallest absolute Gasteiger partial charge is 0.330 e. The molecular formula is C10H14N4O3. The van der Waals surface area contributed by atoms with Gasteiger partial charge in [0, 0.05) is 0 Å². The first-order valence-electron chi connectivity index (χ1n) is 4.88. The average molecular weight is 238 g/mol. The number of carbonyl (C=O) groups is 2. The predicted octanol–water partition coefficient (Wildman–Crippen LogP) is -1.04. The van der Waals surface area contributed by atoms with Crippen LogP contribution in [0.3, 0.4) is 0 Å². The number of urea groups is 1. The van der Waals surface area contributed by atoms with Gasteiger partial charge in [-0.15, -0.1) is 0 Å². The van der Waals surface area contributed by atoms with E-state index in [2.05, 4.69) is 5.43 Å². The summed E-state index contributed by atoms with van der Waals surface area (Å²) in [6, 6.07) is 4.64. The molecular weight excluding hydrogens is 224 g/mol. The molecule has 1 atom stereocenters. The van der Waals surface area contributed by atoms with Crippen molar-refractivity contribution in [3.63, 3.8) is 0 Å². The van der Waals surface area contributed by atoms with Crippen LogP contribution in [0.4, 0.5) is 4.79 Å². The largest absolute Gasteiger partial charge is 0.508 e. The van der Waals surface area contributed by atoms with E-state index in [0.29, 0.717) is 0 Å². The molecule has 1 aromatic carbocycles. The first-order valence-corrected chi connectivity index (χ1v) is 4.88. The topological polar surface area (TPSA) is 130 Å². The van der Waals surface area contributed by atoms with Crippen molar-refractivity contribution >= 4 is 11.9 Å². The Bertz CT molecular complexity index is 405. The fourth-order valence-corrected chi connectivity index (χ4v) is 1.19. The van der Waals surface area contributed by atoms with Gasteiger partial charge >= 0.3 is 6.03 Å². The number of hydrogen-bond acceptors (Lipinski definition) is 4. The van der Waals surface area contributed by atoms with E-state index in [9.17, 15) is 9.59 Å². The predicted molar refractivity (Wildman–Crippen MR) is 60.6 cm³/mol. The molecule has 0 heterocycles. The average Bonchev–Trinajstić information content (AvgIpc) is 2.28. The van der Waals surface area contributed by atoms with Crippen LogP contribution in [-0.4, -0.2) is 23.1 Å². The maximum Gasteiger partial charge on any atom is 0.330 e. The van der Waals surface area contributed by atoms with Crippen molar-refractivity contribution in [2.24, 2.45) is 11.5 Å². The number of phenols is 1. The van der Waals surface area contributed by atoms with Crippen molar-refractivity contribution in [3.05, 3.63) is 29.8 Å². The Kier molecular flexibility index (Phi) is 4.29. The number of benzene rings is 1. The quantitative estimate of drug-likeness (QED) is 0.430. The van der Waals surface area contributed by atoms with Crippen molar-refractivity contribution in [1.29, 1.82) is 0 Å². The molecule has 0 fully saturated rings. The van der Waals surface area contributed by atoms with Crippen molar-refractivity contribution in [1.82, 2.24) is 10.9 Å². The van der Waals surface area contributed by atoms with Crippen LogP contribution in [0.15, 0.2) is 24.3 Å². The van der Waals surface area contributed by atoms with Crippen molar-refractivity contribution in [2.75, 3.05) is 0 Å². The highest BCUT2D eigenvalue weighted by atomic mass is 16.3. The lowest BCUT2D eigenvalue weighted by Gasteiger charge is -2.12. The fraction of sp³-hybridized carbons (Fsp3) is 0.200. The number of hydrogen-bond donors (Lipinski definition) is 5. The molecule has 0 aliphatic carbocycles. The van der Waals surface area contributed by atoms with E-state index < -0.39 is 18.0 Å². The summed E-state index contributed by atoms with van der Waals surface area (Å²) in [4.78, 5) is 21.7. The van der Waals surface area contributed by atoms with Crippen molar-refractivity contribution in [2.45, 2.75) is 12.5 Å². The Morgan fingerprint density at radius 2 is 1.82 bits per heavy atom. The summed E-state index contributed by atoms with van der Waals surface area (Å²) in [5.41, 5.74) is 15.2. The van der Waals surface area contributed by atoms with Crippen molar-refractivity contribution < 1.29 is 14.7 Å². The molecule has 0 saturated carbocycles. The van der Waals surface area contributed by atoms with Gasteiger partial charge in [0.05, 0.1) is 6.04 Å². The first kappa shape index (κ1) is 12.8. The molecule has 0 saturated heterocycles. The second-order valence-corrected chi connectivity index (χ2v) is 3.46. The maximum atomic E-state index is 11.4. The number of nitrogens with two attached hydrogens (primary N) is 2. The molecule has 1 rings (SSSR count). The van der Waals surface area contributed by atoms with Crippen molar-refractivity contribution in [3.8, 4) is 5.75 Å². The maximum absolute atomic E-state index is 11.4. The van der Waals surface area contributed by atoms with E-state index in [-0.39, 0.29) is 12.2 Å². The van der Waals surface area contributed by atoms with Gasteiger partial charge in [0.1, 0.15) is 5.75 Å². The van der Waals surface area contributed by atoms with Crippen LogP contribution < -0.4 is 22.3 Å². The molecule has 17 heavy (non-hydrogen) atoms. The van der Waals surface area contributed by atoms with Gasteiger partial charge in [0.15, 0.2) is 0 Å². The minimum atomic E-state index is -0.866. The van der Waals surface area contributed by atoms with Crippen LogP contribution in [0.25, 0.3) is 0 Å². The van der Waals surface area contributed by atoms with Gasteiger partial charge in [-0.05, 0) is 24.1 Å². The number of hydrazine groups is 1. The van der Waals surface area contributed by atoms with E-state index in [1.54, 1.807) is 12.1 Å². The molecule has 7 N–H and O–H groups in total. The lowest BCUT2D eigenvalue weighted by molar-refractivity contribution is -0.123. The van der Waals surface area contributed by atoms with Gasteiger partial charge in [-0.2, -0.15) is 0 Å². The molecule has 1 aromatic rings. The lowest BCUT2D eigenvalue weighted by atomic mass is 10.1. The summed E-state index contributed by atoms with van der Waals surface area (Å²) in [5.74, 6) is -0.404. The van der Waals surface area contributed by atoms with E-state index in [1.165, 1.54) is 12.1 Å². The molecule has 0 bridgehead atoms. The third kappa shape index (κ3) is 4.39. The molecule has 0 radical (unpaired) electrons. The highest BCUT2D eigenvalue weighted by Gasteiger charge is 2.14. The molecule has 7 heteroatoms. The Hall–Kier alpha value is -2.28. The highest BCUT2D eigenvalue weighted by molar-refractivity contribution is 5.84. The number of phenolic OH excluding ortho intramolecular Hbond substituents is 1. The highest BCUT2D eigenvalue weighted by Crippen LogP contribution is 2.10.